The molecule has 0 bridgehead atoms. The van der Waals surface area contributed by atoms with E-state index in [9.17, 15) is 0 Å². The summed E-state index contributed by atoms with van der Waals surface area (Å²) in [5.41, 5.74) is 4.10. The molecule has 0 saturated heterocycles. The predicted molar refractivity (Wildman–Crippen MR) is 69.1 cm³/mol. The molecule has 2 aromatic rings. The van der Waals surface area contributed by atoms with Crippen molar-refractivity contribution in [2.24, 2.45) is 0 Å². The van der Waals surface area contributed by atoms with Crippen molar-refractivity contribution in [2.45, 2.75) is 26.3 Å². The molecule has 0 aliphatic carbocycles. The molecular weight excluding hydrogens is 238 g/mol. The molecule has 0 aliphatic rings. The second-order valence-electron chi connectivity index (χ2n) is 3.84. The molecule has 0 fully saturated rings. The Labute approximate surface area is 104 Å². The molecule has 2 heterocycles. The number of nitrogens with zero attached hydrogens (tertiary/aromatic N) is 2. The lowest BCUT2D eigenvalue weighted by atomic mass is 10.2. The van der Waals surface area contributed by atoms with E-state index in [2.05, 4.69) is 33.0 Å². The van der Waals surface area contributed by atoms with Gasteiger partial charge in [-0.1, -0.05) is 6.92 Å². The lowest BCUT2D eigenvalue weighted by Gasteiger charge is -2.08. The van der Waals surface area contributed by atoms with Gasteiger partial charge >= 0.3 is 0 Å². The first-order valence-corrected chi connectivity index (χ1v) is 7.07. The van der Waals surface area contributed by atoms with Gasteiger partial charge in [0, 0.05) is 35.5 Å². The number of thiazole rings is 2. The molecule has 3 nitrogen and oxygen atoms in total. The van der Waals surface area contributed by atoms with E-state index in [1.807, 2.05) is 12.4 Å². The first-order valence-electron chi connectivity index (χ1n) is 5.25. The highest BCUT2D eigenvalue weighted by molar-refractivity contribution is 7.09. The molecule has 0 radical (unpaired) electrons. The SMILES string of the molecule is Cc1csc(C(C)CNCc2cscn2)n1. The average molecular weight is 253 g/mol. The summed E-state index contributed by atoms with van der Waals surface area (Å²) in [7, 11) is 0. The Morgan fingerprint density at radius 3 is 2.94 bits per heavy atom. The van der Waals surface area contributed by atoms with Gasteiger partial charge in [0.05, 0.1) is 16.2 Å². The van der Waals surface area contributed by atoms with Crippen molar-refractivity contribution in [1.82, 2.24) is 15.3 Å². The molecule has 0 aliphatic heterocycles. The van der Waals surface area contributed by atoms with E-state index in [1.165, 1.54) is 5.01 Å². The number of aryl methyl sites for hydroxylation is 1. The summed E-state index contributed by atoms with van der Waals surface area (Å²) in [4.78, 5) is 8.72. The molecule has 0 aromatic carbocycles. The quantitative estimate of drug-likeness (QED) is 0.890. The minimum atomic E-state index is 0.470. The van der Waals surface area contributed by atoms with Gasteiger partial charge < -0.3 is 5.32 Å². The van der Waals surface area contributed by atoms with Gasteiger partial charge in [-0.05, 0) is 6.92 Å². The molecule has 1 N–H and O–H groups in total. The van der Waals surface area contributed by atoms with E-state index in [0.29, 0.717) is 5.92 Å². The number of hydrogen-bond donors (Lipinski definition) is 1. The lowest BCUT2D eigenvalue weighted by Crippen LogP contribution is -2.19. The molecular formula is C11H15N3S2. The number of hydrogen-bond acceptors (Lipinski definition) is 5. The van der Waals surface area contributed by atoms with Gasteiger partial charge in [-0.2, -0.15) is 0 Å². The van der Waals surface area contributed by atoms with Crippen LogP contribution in [0.1, 0.15) is 29.2 Å². The summed E-state index contributed by atoms with van der Waals surface area (Å²) in [6.07, 6.45) is 0. The Morgan fingerprint density at radius 1 is 1.44 bits per heavy atom. The lowest BCUT2D eigenvalue weighted by molar-refractivity contribution is 0.607. The standard InChI is InChI=1S/C11H15N3S2/c1-8(11-14-9(2)5-16-11)3-12-4-10-6-15-7-13-10/h5-8,12H,3-4H2,1-2H3. The van der Waals surface area contributed by atoms with Gasteiger partial charge in [-0.25, -0.2) is 9.97 Å². The van der Waals surface area contributed by atoms with E-state index < -0.39 is 0 Å². The fourth-order valence-electron chi connectivity index (χ4n) is 1.43. The minimum Gasteiger partial charge on any atom is -0.310 e. The molecule has 86 valence electrons. The van der Waals surface area contributed by atoms with Gasteiger partial charge in [0.15, 0.2) is 0 Å². The first-order chi connectivity index (χ1) is 7.75. The fourth-order valence-corrected chi connectivity index (χ4v) is 2.84. The van der Waals surface area contributed by atoms with Crippen LogP contribution in [0.15, 0.2) is 16.3 Å². The van der Waals surface area contributed by atoms with E-state index >= 15 is 0 Å². The Bertz CT molecular complexity index is 422. The highest BCUT2D eigenvalue weighted by Crippen LogP contribution is 2.18. The van der Waals surface area contributed by atoms with Crippen molar-refractivity contribution in [2.75, 3.05) is 6.54 Å². The van der Waals surface area contributed by atoms with Crippen molar-refractivity contribution in [3.05, 3.63) is 32.7 Å². The second kappa shape index (κ2) is 5.52. The van der Waals surface area contributed by atoms with Crippen LogP contribution >= 0.6 is 22.7 Å². The highest BCUT2D eigenvalue weighted by atomic mass is 32.1. The number of rotatable bonds is 5. The van der Waals surface area contributed by atoms with E-state index in [4.69, 9.17) is 0 Å². The van der Waals surface area contributed by atoms with Crippen LogP contribution in [-0.4, -0.2) is 16.5 Å². The molecule has 0 amide bonds. The van der Waals surface area contributed by atoms with Gasteiger partial charge in [0.25, 0.3) is 0 Å². The predicted octanol–water partition coefficient (Wildman–Crippen LogP) is 2.80. The molecule has 0 spiro atoms. The van der Waals surface area contributed by atoms with Crippen molar-refractivity contribution >= 4 is 22.7 Å². The van der Waals surface area contributed by atoms with Crippen LogP contribution in [0.4, 0.5) is 0 Å². The average Bonchev–Trinajstić information content (AvgIpc) is 2.89. The summed E-state index contributed by atoms with van der Waals surface area (Å²) in [6.45, 7) is 6.03. The van der Waals surface area contributed by atoms with Crippen LogP contribution in [0.3, 0.4) is 0 Å². The van der Waals surface area contributed by atoms with E-state index in [1.54, 1.807) is 22.7 Å². The Balaban J connectivity index is 1.78. The Morgan fingerprint density at radius 2 is 2.31 bits per heavy atom. The first kappa shape index (κ1) is 11.7. The largest absolute Gasteiger partial charge is 0.310 e. The second-order valence-corrected chi connectivity index (χ2v) is 5.45. The molecule has 1 atom stereocenters. The summed E-state index contributed by atoms with van der Waals surface area (Å²) >= 11 is 3.38. The zero-order valence-electron chi connectivity index (χ0n) is 9.43. The number of nitrogens with one attached hydrogen (secondary N) is 1. The summed E-state index contributed by atoms with van der Waals surface area (Å²) in [5.74, 6) is 0.470. The third-order valence-electron chi connectivity index (χ3n) is 2.30. The van der Waals surface area contributed by atoms with Crippen LogP contribution in [0, 0.1) is 6.92 Å². The van der Waals surface area contributed by atoms with Crippen LogP contribution in [-0.2, 0) is 6.54 Å². The van der Waals surface area contributed by atoms with Gasteiger partial charge in [-0.3, -0.25) is 0 Å². The van der Waals surface area contributed by atoms with Crippen molar-refractivity contribution in [1.29, 1.82) is 0 Å². The maximum Gasteiger partial charge on any atom is 0.0969 e. The minimum absolute atomic E-state index is 0.470. The third kappa shape index (κ3) is 3.10. The van der Waals surface area contributed by atoms with Crippen molar-refractivity contribution in [3.63, 3.8) is 0 Å². The van der Waals surface area contributed by atoms with Crippen LogP contribution < -0.4 is 5.32 Å². The molecule has 5 heteroatoms. The monoisotopic (exact) mass is 253 g/mol. The van der Waals surface area contributed by atoms with Crippen LogP contribution in [0.25, 0.3) is 0 Å². The van der Waals surface area contributed by atoms with Gasteiger partial charge in [0.2, 0.25) is 0 Å². The summed E-state index contributed by atoms with van der Waals surface area (Å²) < 4.78 is 0. The van der Waals surface area contributed by atoms with Gasteiger partial charge in [0.1, 0.15) is 0 Å². The number of aromatic nitrogens is 2. The topological polar surface area (TPSA) is 37.8 Å². The molecule has 1 unspecified atom stereocenters. The van der Waals surface area contributed by atoms with Crippen LogP contribution in [0.5, 0.6) is 0 Å². The smallest absolute Gasteiger partial charge is 0.0969 e. The zero-order valence-corrected chi connectivity index (χ0v) is 11.1. The molecule has 2 aromatic heterocycles. The van der Waals surface area contributed by atoms with Crippen LogP contribution in [0.2, 0.25) is 0 Å². The molecule has 0 saturated carbocycles. The highest BCUT2D eigenvalue weighted by Gasteiger charge is 2.08. The maximum absolute atomic E-state index is 4.49. The van der Waals surface area contributed by atoms with E-state index in [0.717, 1.165) is 24.5 Å². The normalized spacial score (nSPS) is 12.9. The summed E-state index contributed by atoms with van der Waals surface area (Å²) in [5, 5.41) is 8.80. The third-order valence-corrected chi connectivity index (χ3v) is 4.13. The van der Waals surface area contributed by atoms with Gasteiger partial charge in [-0.15, -0.1) is 22.7 Å². The Hall–Kier alpha value is -0.780. The summed E-state index contributed by atoms with van der Waals surface area (Å²) in [6, 6.07) is 0. The fraction of sp³-hybridized carbons (Fsp3) is 0.455. The van der Waals surface area contributed by atoms with E-state index in [-0.39, 0.29) is 0 Å². The molecule has 2 rings (SSSR count). The molecule has 16 heavy (non-hydrogen) atoms. The van der Waals surface area contributed by atoms with Crippen molar-refractivity contribution in [3.8, 4) is 0 Å². The Kier molecular flexibility index (Phi) is 4.04. The zero-order chi connectivity index (χ0) is 11.4. The van der Waals surface area contributed by atoms with Crippen molar-refractivity contribution < 1.29 is 0 Å². The maximum atomic E-state index is 4.49.